The van der Waals surface area contributed by atoms with Gasteiger partial charge in [0.15, 0.2) is 0 Å². The number of rotatable bonds is 1. The van der Waals surface area contributed by atoms with E-state index >= 15 is 0 Å². The maximum Gasteiger partial charge on any atom is 0.314 e. The average molecular weight is 276 g/mol. The summed E-state index contributed by atoms with van der Waals surface area (Å²) >= 11 is 4.73. The predicted octanol–water partition coefficient (Wildman–Crippen LogP) is 1.85. The highest BCUT2D eigenvalue weighted by Crippen LogP contribution is 2.32. The fourth-order valence-electron chi connectivity index (χ4n) is 1.32. The normalized spacial score (nSPS) is 18.4. The molecule has 4 nitrogen and oxygen atoms in total. The molecule has 0 aromatic carbocycles. The molecule has 0 amide bonds. The first kappa shape index (κ1) is 9.79. The van der Waals surface area contributed by atoms with Crippen LogP contribution >= 0.6 is 27.3 Å². The summed E-state index contributed by atoms with van der Waals surface area (Å²) in [6.45, 7) is 0. The molecule has 1 aromatic rings. The molecule has 0 saturated carbocycles. The van der Waals surface area contributed by atoms with Crippen LogP contribution in [0.25, 0.3) is 0 Å². The van der Waals surface area contributed by atoms with Crippen molar-refractivity contribution in [3.63, 3.8) is 0 Å². The van der Waals surface area contributed by atoms with Gasteiger partial charge in [-0.05, 0) is 15.9 Å². The van der Waals surface area contributed by atoms with E-state index < -0.39 is 11.9 Å². The number of ether oxygens (including phenoxy) is 1. The van der Waals surface area contributed by atoms with Crippen LogP contribution in [-0.2, 0) is 14.3 Å². The standard InChI is InChI=1S/C8H6BrNO3S/c9-5-3-10-8(14-5)4-1-6(11)13-7(12)2-4/h3-4H,1-2H2. The number of hydrogen-bond acceptors (Lipinski definition) is 5. The van der Waals surface area contributed by atoms with Crippen molar-refractivity contribution in [2.45, 2.75) is 18.8 Å². The Labute approximate surface area is 92.4 Å². The highest BCUT2D eigenvalue weighted by molar-refractivity contribution is 9.11. The molecule has 2 rings (SSSR count). The summed E-state index contributed by atoms with van der Waals surface area (Å²) < 4.78 is 5.33. The smallest absolute Gasteiger partial charge is 0.314 e. The van der Waals surface area contributed by atoms with Gasteiger partial charge in [-0.25, -0.2) is 4.98 Å². The summed E-state index contributed by atoms with van der Waals surface area (Å²) in [7, 11) is 0. The lowest BCUT2D eigenvalue weighted by molar-refractivity contribution is -0.163. The summed E-state index contributed by atoms with van der Waals surface area (Å²) in [5.41, 5.74) is 0. The van der Waals surface area contributed by atoms with Crippen LogP contribution in [0.5, 0.6) is 0 Å². The van der Waals surface area contributed by atoms with E-state index in [9.17, 15) is 9.59 Å². The van der Waals surface area contributed by atoms with Crippen molar-refractivity contribution in [3.8, 4) is 0 Å². The zero-order valence-corrected chi connectivity index (χ0v) is 9.43. The maximum atomic E-state index is 11.0. The van der Waals surface area contributed by atoms with Crippen LogP contribution in [0.15, 0.2) is 9.98 Å². The number of halogens is 1. The van der Waals surface area contributed by atoms with E-state index in [2.05, 4.69) is 25.7 Å². The second kappa shape index (κ2) is 3.78. The van der Waals surface area contributed by atoms with Crippen LogP contribution in [0.4, 0.5) is 0 Å². The molecule has 14 heavy (non-hydrogen) atoms. The molecular weight excluding hydrogens is 270 g/mol. The first-order valence-electron chi connectivity index (χ1n) is 4.00. The number of hydrogen-bond donors (Lipinski definition) is 0. The van der Waals surface area contributed by atoms with Crippen LogP contribution in [0.2, 0.25) is 0 Å². The first-order valence-corrected chi connectivity index (χ1v) is 5.61. The van der Waals surface area contributed by atoms with E-state index in [1.54, 1.807) is 6.20 Å². The Morgan fingerprint density at radius 3 is 2.57 bits per heavy atom. The number of cyclic esters (lactones) is 2. The van der Waals surface area contributed by atoms with E-state index in [1.165, 1.54) is 11.3 Å². The minimum atomic E-state index is -0.461. The Morgan fingerprint density at radius 2 is 2.07 bits per heavy atom. The Hall–Kier alpha value is -0.750. The second-order valence-corrected chi connectivity index (χ2v) is 5.40. The first-order chi connectivity index (χ1) is 6.65. The van der Waals surface area contributed by atoms with Gasteiger partial charge in [0.1, 0.15) is 0 Å². The maximum absolute atomic E-state index is 11.0. The Morgan fingerprint density at radius 1 is 1.43 bits per heavy atom. The summed E-state index contributed by atoms with van der Waals surface area (Å²) in [4.78, 5) is 26.1. The number of nitrogens with zero attached hydrogens (tertiary/aromatic N) is 1. The third-order valence-corrected chi connectivity index (χ3v) is 3.54. The molecule has 0 radical (unpaired) electrons. The fraction of sp³-hybridized carbons (Fsp3) is 0.375. The van der Waals surface area contributed by atoms with E-state index in [1.807, 2.05) is 0 Å². The molecule has 1 saturated heterocycles. The minimum absolute atomic E-state index is 0.111. The van der Waals surface area contributed by atoms with Crippen LogP contribution < -0.4 is 0 Å². The monoisotopic (exact) mass is 275 g/mol. The summed E-state index contributed by atoms with van der Waals surface area (Å²) in [5.74, 6) is -1.03. The molecule has 2 heterocycles. The molecule has 0 bridgehead atoms. The Balaban J connectivity index is 2.18. The quantitative estimate of drug-likeness (QED) is 0.580. The van der Waals surface area contributed by atoms with Crippen LogP contribution in [0.1, 0.15) is 23.8 Å². The summed E-state index contributed by atoms with van der Waals surface area (Å²) in [6.07, 6.45) is 2.15. The molecule has 0 aliphatic carbocycles. The van der Waals surface area contributed by atoms with Gasteiger partial charge in [0.25, 0.3) is 0 Å². The molecule has 74 valence electrons. The Kier molecular flexibility index (Phi) is 2.64. The molecule has 0 N–H and O–H groups in total. The lowest BCUT2D eigenvalue weighted by Gasteiger charge is -2.17. The number of carbonyl (C=O) groups excluding carboxylic acids is 2. The van der Waals surface area contributed by atoms with Gasteiger partial charge in [-0.15, -0.1) is 11.3 Å². The molecule has 1 aromatic heterocycles. The molecular formula is C8H6BrNO3S. The molecule has 0 spiro atoms. The van der Waals surface area contributed by atoms with Crippen LogP contribution in [0.3, 0.4) is 0 Å². The van der Waals surface area contributed by atoms with E-state index in [0.29, 0.717) is 0 Å². The minimum Gasteiger partial charge on any atom is -0.393 e. The zero-order chi connectivity index (χ0) is 10.1. The molecule has 0 atom stereocenters. The second-order valence-electron chi connectivity index (χ2n) is 2.95. The van der Waals surface area contributed by atoms with Crippen molar-refractivity contribution in [1.29, 1.82) is 0 Å². The van der Waals surface area contributed by atoms with E-state index in [0.717, 1.165) is 8.79 Å². The lowest BCUT2D eigenvalue weighted by Crippen LogP contribution is -2.24. The van der Waals surface area contributed by atoms with Crippen molar-refractivity contribution in [1.82, 2.24) is 4.98 Å². The highest BCUT2D eigenvalue weighted by atomic mass is 79.9. The van der Waals surface area contributed by atoms with Crippen molar-refractivity contribution < 1.29 is 14.3 Å². The topological polar surface area (TPSA) is 56.3 Å². The zero-order valence-electron chi connectivity index (χ0n) is 7.03. The van der Waals surface area contributed by atoms with E-state index in [-0.39, 0.29) is 18.8 Å². The number of esters is 2. The van der Waals surface area contributed by atoms with Gasteiger partial charge >= 0.3 is 11.9 Å². The average Bonchev–Trinajstić information content (AvgIpc) is 2.50. The van der Waals surface area contributed by atoms with Crippen molar-refractivity contribution >= 4 is 39.2 Å². The van der Waals surface area contributed by atoms with Crippen LogP contribution in [0, 0.1) is 0 Å². The SMILES string of the molecule is O=C1CC(c2ncc(Br)s2)CC(=O)O1. The molecule has 6 heteroatoms. The Bertz CT molecular complexity index is 374. The van der Waals surface area contributed by atoms with Crippen molar-refractivity contribution in [2.75, 3.05) is 0 Å². The van der Waals surface area contributed by atoms with Gasteiger partial charge in [0, 0.05) is 5.92 Å². The summed E-state index contributed by atoms with van der Waals surface area (Å²) in [5, 5.41) is 0.807. The predicted molar refractivity (Wildman–Crippen MR) is 52.9 cm³/mol. The summed E-state index contributed by atoms with van der Waals surface area (Å²) in [6, 6.07) is 0. The van der Waals surface area contributed by atoms with Gasteiger partial charge in [-0.3, -0.25) is 9.59 Å². The van der Waals surface area contributed by atoms with Gasteiger partial charge in [0.05, 0.1) is 27.8 Å². The number of carbonyl (C=O) groups is 2. The third-order valence-electron chi connectivity index (χ3n) is 1.90. The number of aromatic nitrogens is 1. The van der Waals surface area contributed by atoms with Crippen LogP contribution in [-0.4, -0.2) is 16.9 Å². The van der Waals surface area contributed by atoms with Crippen molar-refractivity contribution in [3.05, 3.63) is 15.0 Å². The van der Waals surface area contributed by atoms with Gasteiger partial charge in [-0.2, -0.15) is 0 Å². The molecule has 1 aliphatic rings. The fourth-order valence-corrected chi connectivity index (χ4v) is 2.66. The third kappa shape index (κ3) is 2.01. The molecule has 1 aliphatic heterocycles. The van der Waals surface area contributed by atoms with Crippen molar-refractivity contribution in [2.24, 2.45) is 0 Å². The van der Waals surface area contributed by atoms with Gasteiger partial charge in [0.2, 0.25) is 0 Å². The van der Waals surface area contributed by atoms with E-state index in [4.69, 9.17) is 0 Å². The van der Waals surface area contributed by atoms with Gasteiger partial charge in [-0.1, -0.05) is 0 Å². The largest absolute Gasteiger partial charge is 0.393 e. The highest BCUT2D eigenvalue weighted by Gasteiger charge is 2.30. The number of thiazole rings is 1. The molecule has 0 unspecified atom stereocenters. The molecule has 1 fully saturated rings. The van der Waals surface area contributed by atoms with Gasteiger partial charge < -0.3 is 4.74 Å². The lowest BCUT2D eigenvalue weighted by atomic mass is 10.0.